The van der Waals surface area contributed by atoms with Crippen molar-refractivity contribution in [2.24, 2.45) is 0 Å². The molecule has 0 bridgehead atoms. The van der Waals surface area contributed by atoms with E-state index in [0.29, 0.717) is 0 Å². The van der Waals surface area contributed by atoms with E-state index in [-0.39, 0.29) is 18.4 Å². The van der Waals surface area contributed by atoms with Gasteiger partial charge in [-0.25, -0.2) is 9.97 Å². The number of alkyl halides is 3. The van der Waals surface area contributed by atoms with E-state index in [0.717, 1.165) is 12.3 Å². The predicted molar refractivity (Wildman–Crippen MR) is 38.7 cm³/mol. The Morgan fingerprint density at radius 2 is 1.92 bits per heavy atom. The van der Waals surface area contributed by atoms with Gasteiger partial charge in [0, 0.05) is 6.20 Å². The highest BCUT2D eigenvalue weighted by molar-refractivity contribution is 5.85. The lowest BCUT2D eigenvalue weighted by Gasteiger charge is -2.03. The molecule has 0 radical (unpaired) electrons. The normalized spacial score (nSPS) is 10.6. The number of nitrogens with two attached hydrogens (primary N) is 1. The molecule has 2 N–H and O–H groups in total. The molecule has 1 aromatic rings. The first-order valence-electron chi connectivity index (χ1n) is 2.66. The quantitative estimate of drug-likeness (QED) is 0.689. The van der Waals surface area contributed by atoms with E-state index in [1.54, 1.807) is 0 Å². The molecule has 7 heteroatoms. The summed E-state index contributed by atoms with van der Waals surface area (Å²) in [6.07, 6.45) is -3.48. The molecule has 3 nitrogen and oxygen atoms in total. The second kappa shape index (κ2) is 3.57. The number of anilines is 1. The third-order valence-corrected chi connectivity index (χ3v) is 0.965. The summed E-state index contributed by atoms with van der Waals surface area (Å²) in [4.78, 5) is 6.31. The van der Waals surface area contributed by atoms with E-state index < -0.39 is 11.9 Å². The summed E-state index contributed by atoms with van der Waals surface area (Å²) in [6, 6.07) is 0.760. The summed E-state index contributed by atoms with van der Waals surface area (Å²) in [5.74, 6) is -0.375. The van der Waals surface area contributed by atoms with Gasteiger partial charge in [0.1, 0.15) is 5.69 Å². The fourth-order valence-electron chi connectivity index (χ4n) is 0.532. The van der Waals surface area contributed by atoms with Crippen LogP contribution in [0.4, 0.5) is 19.1 Å². The minimum atomic E-state index is -4.45. The Kier molecular flexibility index (Phi) is 3.26. The van der Waals surface area contributed by atoms with Crippen molar-refractivity contribution in [3.8, 4) is 0 Å². The molecule has 68 valence electrons. The van der Waals surface area contributed by atoms with Crippen LogP contribution >= 0.6 is 12.4 Å². The van der Waals surface area contributed by atoms with Gasteiger partial charge in [-0.3, -0.25) is 0 Å². The van der Waals surface area contributed by atoms with Crippen LogP contribution in [0, 0.1) is 0 Å². The molecule has 1 heterocycles. The zero-order valence-corrected chi connectivity index (χ0v) is 6.49. The predicted octanol–water partition coefficient (Wildman–Crippen LogP) is 1.50. The lowest BCUT2D eigenvalue weighted by Crippen LogP contribution is -2.09. The van der Waals surface area contributed by atoms with Gasteiger partial charge in [-0.05, 0) is 6.07 Å². The number of nitrogen functional groups attached to an aromatic ring is 1. The molecule has 12 heavy (non-hydrogen) atoms. The van der Waals surface area contributed by atoms with E-state index >= 15 is 0 Å². The van der Waals surface area contributed by atoms with Gasteiger partial charge in [-0.2, -0.15) is 13.2 Å². The highest BCUT2D eigenvalue weighted by Crippen LogP contribution is 2.26. The van der Waals surface area contributed by atoms with Crippen LogP contribution < -0.4 is 5.73 Å². The maximum atomic E-state index is 11.8. The number of rotatable bonds is 0. The fraction of sp³-hybridized carbons (Fsp3) is 0.200. The summed E-state index contributed by atoms with van der Waals surface area (Å²) in [5.41, 5.74) is 3.91. The molecule has 0 fully saturated rings. The van der Waals surface area contributed by atoms with Gasteiger partial charge in [0.25, 0.3) is 0 Å². The highest BCUT2D eigenvalue weighted by atomic mass is 35.5. The zero-order chi connectivity index (χ0) is 8.48. The van der Waals surface area contributed by atoms with E-state index in [2.05, 4.69) is 9.97 Å². The lowest BCUT2D eigenvalue weighted by atomic mass is 10.4. The number of nitrogens with zero attached hydrogens (tertiary/aromatic N) is 2. The van der Waals surface area contributed by atoms with Gasteiger partial charge in [-0.1, -0.05) is 0 Å². The summed E-state index contributed by atoms with van der Waals surface area (Å²) in [6.45, 7) is 0. The molecule has 0 spiro atoms. The van der Waals surface area contributed by atoms with Crippen LogP contribution in [0.1, 0.15) is 5.69 Å². The summed E-state index contributed by atoms with van der Waals surface area (Å²) in [7, 11) is 0. The van der Waals surface area contributed by atoms with E-state index in [9.17, 15) is 13.2 Å². The fourth-order valence-corrected chi connectivity index (χ4v) is 0.532. The Morgan fingerprint density at radius 1 is 1.33 bits per heavy atom. The van der Waals surface area contributed by atoms with Crippen LogP contribution in [-0.2, 0) is 6.18 Å². The first kappa shape index (κ1) is 11.0. The molecule has 0 saturated heterocycles. The molecule has 0 aliphatic carbocycles. The van der Waals surface area contributed by atoms with Crippen LogP contribution in [0.25, 0.3) is 0 Å². The molecule has 0 aliphatic rings. The summed E-state index contributed by atoms with van der Waals surface area (Å²) < 4.78 is 35.5. The number of halogens is 4. The maximum absolute atomic E-state index is 11.8. The third-order valence-electron chi connectivity index (χ3n) is 0.965. The van der Waals surface area contributed by atoms with Crippen molar-refractivity contribution in [3.63, 3.8) is 0 Å². The maximum Gasteiger partial charge on any atom is 0.433 e. The van der Waals surface area contributed by atoms with Gasteiger partial charge in [-0.15, -0.1) is 12.4 Å². The van der Waals surface area contributed by atoms with Crippen molar-refractivity contribution >= 4 is 18.4 Å². The summed E-state index contributed by atoms with van der Waals surface area (Å²) in [5, 5.41) is 0. The van der Waals surface area contributed by atoms with Gasteiger partial charge in [0.15, 0.2) is 0 Å². The molecular weight excluding hydrogens is 195 g/mol. The minimum absolute atomic E-state index is 0. The van der Waals surface area contributed by atoms with Crippen LogP contribution in [0.2, 0.25) is 0 Å². The molecule has 0 saturated carbocycles. The Balaban J connectivity index is 0.00000121. The Morgan fingerprint density at radius 3 is 2.25 bits per heavy atom. The van der Waals surface area contributed by atoms with Crippen LogP contribution in [0.3, 0.4) is 0 Å². The van der Waals surface area contributed by atoms with Crippen molar-refractivity contribution in [2.45, 2.75) is 6.18 Å². The second-order valence-corrected chi connectivity index (χ2v) is 1.80. The molecular formula is C5H5ClF3N3. The molecule has 0 amide bonds. The SMILES string of the molecule is Cl.Nc1nccc(C(F)(F)F)n1. The molecule has 0 unspecified atom stereocenters. The Bertz CT molecular complexity index is 262. The van der Waals surface area contributed by atoms with Crippen molar-refractivity contribution in [1.82, 2.24) is 9.97 Å². The number of aromatic nitrogens is 2. The van der Waals surface area contributed by atoms with Crippen LogP contribution in [-0.4, -0.2) is 9.97 Å². The first-order chi connectivity index (χ1) is 5.00. The third kappa shape index (κ3) is 2.54. The smallest absolute Gasteiger partial charge is 0.368 e. The molecule has 1 aromatic heterocycles. The first-order valence-corrected chi connectivity index (χ1v) is 2.66. The van der Waals surface area contributed by atoms with E-state index in [1.807, 2.05) is 0 Å². The highest BCUT2D eigenvalue weighted by Gasteiger charge is 2.32. The number of hydrogen-bond donors (Lipinski definition) is 1. The largest absolute Gasteiger partial charge is 0.433 e. The van der Waals surface area contributed by atoms with Gasteiger partial charge < -0.3 is 5.73 Å². The standard InChI is InChI=1S/C5H4F3N3.ClH/c6-5(7,8)3-1-2-10-4(9)11-3;/h1-2H,(H2,9,10,11);1H. The molecule has 0 aliphatic heterocycles. The van der Waals surface area contributed by atoms with Gasteiger partial charge in [0.2, 0.25) is 5.95 Å². The minimum Gasteiger partial charge on any atom is -0.368 e. The van der Waals surface area contributed by atoms with E-state index in [4.69, 9.17) is 5.73 Å². The summed E-state index contributed by atoms with van der Waals surface area (Å²) >= 11 is 0. The van der Waals surface area contributed by atoms with E-state index in [1.165, 1.54) is 0 Å². The monoisotopic (exact) mass is 199 g/mol. The second-order valence-electron chi connectivity index (χ2n) is 1.80. The Labute approximate surface area is 72.2 Å². The van der Waals surface area contributed by atoms with Crippen molar-refractivity contribution in [2.75, 3.05) is 5.73 Å². The average molecular weight is 200 g/mol. The van der Waals surface area contributed by atoms with Gasteiger partial charge >= 0.3 is 6.18 Å². The Hall–Kier alpha value is -1.04. The molecule has 1 rings (SSSR count). The van der Waals surface area contributed by atoms with Crippen LogP contribution in [0.15, 0.2) is 12.3 Å². The molecule has 0 atom stereocenters. The van der Waals surface area contributed by atoms with Gasteiger partial charge in [0.05, 0.1) is 0 Å². The van der Waals surface area contributed by atoms with Crippen molar-refractivity contribution in [3.05, 3.63) is 18.0 Å². The van der Waals surface area contributed by atoms with Crippen molar-refractivity contribution in [1.29, 1.82) is 0 Å². The van der Waals surface area contributed by atoms with Crippen molar-refractivity contribution < 1.29 is 13.2 Å². The molecule has 0 aromatic carbocycles. The average Bonchev–Trinajstić information content (AvgIpc) is 1.86. The number of hydrogen-bond acceptors (Lipinski definition) is 3. The lowest BCUT2D eigenvalue weighted by molar-refractivity contribution is -0.141. The topological polar surface area (TPSA) is 51.8 Å². The zero-order valence-electron chi connectivity index (χ0n) is 5.67. The van der Waals surface area contributed by atoms with Crippen LogP contribution in [0.5, 0.6) is 0 Å².